The van der Waals surface area contributed by atoms with Crippen LogP contribution in [-0.2, 0) is 0 Å². The molecular formula is C14H27N. The van der Waals surface area contributed by atoms with Crippen LogP contribution in [-0.4, -0.2) is 12.6 Å². The molecule has 1 atom stereocenters. The quantitative estimate of drug-likeness (QED) is 0.703. The lowest BCUT2D eigenvalue weighted by atomic mass is 9.89. The second-order valence-corrected chi connectivity index (χ2v) is 5.70. The highest BCUT2D eigenvalue weighted by atomic mass is 14.9. The van der Waals surface area contributed by atoms with Gasteiger partial charge >= 0.3 is 0 Å². The summed E-state index contributed by atoms with van der Waals surface area (Å²) >= 11 is 0. The van der Waals surface area contributed by atoms with E-state index in [-0.39, 0.29) is 0 Å². The molecule has 1 N–H and O–H groups in total. The SMILES string of the molecule is CCC(CC1CC1)NCC1CCCCC1. The van der Waals surface area contributed by atoms with E-state index in [9.17, 15) is 0 Å². The molecule has 0 bridgehead atoms. The summed E-state index contributed by atoms with van der Waals surface area (Å²) in [5.74, 6) is 2.07. The van der Waals surface area contributed by atoms with Gasteiger partial charge in [-0.2, -0.15) is 0 Å². The number of hydrogen-bond acceptors (Lipinski definition) is 1. The highest BCUT2D eigenvalue weighted by Gasteiger charge is 2.25. The van der Waals surface area contributed by atoms with E-state index in [0.717, 1.165) is 17.9 Å². The molecule has 2 saturated carbocycles. The molecule has 2 fully saturated rings. The summed E-state index contributed by atoms with van der Waals surface area (Å²) in [4.78, 5) is 0. The molecule has 0 aromatic heterocycles. The lowest BCUT2D eigenvalue weighted by molar-refractivity contribution is 0.317. The second-order valence-electron chi connectivity index (χ2n) is 5.70. The summed E-state index contributed by atoms with van der Waals surface area (Å²) in [6.07, 6.45) is 13.2. The Labute approximate surface area is 95.0 Å². The van der Waals surface area contributed by atoms with Crippen molar-refractivity contribution >= 4 is 0 Å². The fourth-order valence-corrected chi connectivity index (χ4v) is 2.87. The largest absolute Gasteiger partial charge is 0.314 e. The highest BCUT2D eigenvalue weighted by molar-refractivity contribution is 4.80. The zero-order chi connectivity index (χ0) is 10.5. The van der Waals surface area contributed by atoms with E-state index in [2.05, 4.69) is 12.2 Å². The minimum atomic E-state index is 0.819. The van der Waals surface area contributed by atoms with Crippen molar-refractivity contribution < 1.29 is 0 Å². The molecule has 1 nitrogen and oxygen atoms in total. The van der Waals surface area contributed by atoms with Gasteiger partial charge in [-0.15, -0.1) is 0 Å². The molecule has 2 aliphatic carbocycles. The van der Waals surface area contributed by atoms with Gasteiger partial charge < -0.3 is 5.32 Å². The summed E-state index contributed by atoms with van der Waals surface area (Å²) < 4.78 is 0. The average molecular weight is 209 g/mol. The highest BCUT2D eigenvalue weighted by Crippen LogP contribution is 2.34. The zero-order valence-electron chi connectivity index (χ0n) is 10.3. The Morgan fingerprint density at radius 1 is 1.00 bits per heavy atom. The molecule has 0 aromatic carbocycles. The minimum Gasteiger partial charge on any atom is -0.314 e. The van der Waals surface area contributed by atoms with Crippen molar-refractivity contribution in [2.45, 2.75) is 70.8 Å². The molecule has 2 aliphatic rings. The van der Waals surface area contributed by atoms with Crippen molar-refractivity contribution in [2.24, 2.45) is 11.8 Å². The van der Waals surface area contributed by atoms with E-state index in [4.69, 9.17) is 0 Å². The topological polar surface area (TPSA) is 12.0 Å². The standard InChI is InChI=1S/C14H27N/c1-2-14(10-12-8-9-12)15-11-13-6-4-3-5-7-13/h12-15H,2-11H2,1H3. The minimum absolute atomic E-state index is 0.819. The number of rotatable bonds is 6. The van der Waals surface area contributed by atoms with Crippen LogP contribution in [0.5, 0.6) is 0 Å². The fraction of sp³-hybridized carbons (Fsp3) is 1.00. The van der Waals surface area contributed by atoms with Gasteiger partial charge in [-0.1, -0.05) is 39.0 Å². The van der Waals surface area contributed by atoms with Gasteiger partial charge in [0.1, 0.15) is 0 Å². The summed E-state index contributed by atoms with van der Waals surface area (Å²) in [6, 6.07) is 0.819. The first-order valence-electron chi connectivity index (χ1n) is 7.12. The predicted octanol–water partition coefficient (Wildman–Crippen LogP) is 3.74. The third-order valence-corrected chi connectivity index (χ3v) is 4.23. The smallest absolute Gasteiger partial charge is 0.00671 e. The Kier molecular flexibility index (Phi) is 4.49. The molecule has 1 heteroatoms. The van der Waals surface area contributed by atoms with Gasteiger partial charge in [0.25, 0.3) is 0 Å². The maximum absolute atomic E-state index is 3.81. The van der Waals surface area contributed by atoms with Crippen LogP contribution >= 0.6 is 0 Å². The third-order valence-electron chi connectivity index (χ3n) is 4.23. The van der Waals surface area contributed by atoms with Crippen LogP contribution in [0.15, 0.2) is 0 Å². The van der Waals surface area contributed by atoms with E-state index < -0.39 is 0 Å². The first-order chi connectivity index (χ1) is 7.38. The maximum Gasteiger partial charge on any atom is 0.00671 e. The van der Waals surface area contributed by atoms with E-state index >= 15 is 0 Å². The summed E-state index contributed by atoms with van der Waals surface area (Å²) in [5.41, 5.74) is 0. The van der Waals surface area contributed by atoms with Gasteiger partial charge in [-0.05, 0) is 44.1 Å². The van der Waals surface area contributed by atoms with E-state index in [1.54, 1.807) is 0 Å². The average Bonchev–Trinajstić information content (AvgIpc) is 3.09. The Morgan fingerprint density at radius 3 is 2.33 bits per heavy atom. The van der Waals surface area contributed by atoms with Crippen LogP contribution in [0.4, 0.5) is 0 Å². The first kappa shape index (κ1) is 11.4. The van der Waals surface area contributed by atoms with Gasteiger partial charge in [0.05, 0.1) is 0 Å². The van der Waals surface area contributed by atoms with Crippen LogP contribution in [0.2, 0.25) is 0 Å². The maximum atomic E-state index is 3.81. The Bertz CT molecular complexity index is 168. The van der Waals surface area contributed by atoms with Crippen LogP contribution in [0.25, 0.3) is 0 Å². The van der Waals surface area contributed by atoms with Crippen molar-refractivity contribution in [3.05, 3.63) is 0 Å². The van der Waals surface area contributed by atoms with E-state index in [0.29, 0.717) is 0 Å². The van der Waals surface area contributed by atoms with Gasteiger partial charge in [0.2, 0.25) is 0 Å². The molecule has 0 amide bonds. The van der Waals surface area contributed by atoms with Crippen molar-refractivity contribution in [1.82, 2.24) is 5.32 Å². The van der Waals surface area contributed by atoms with Gasteiger partial charge in [-0.3, -0.25) is 0 Å². The molecule has 15 heavy (non-hydrogen) atoms. The molecule has 1 unspecified atom stereocenters. The Morgan fingerprint density at radius 2 is 1.73 bits per heavy atom. The van der Waals surface area contributed by atoms with E-state index in [1.807, 2.05) is 0 Å². The third kappa shape index (κ3) is 4.14. The fourth-order valence-electron chi connectivity index (χ4n) is 2.87. The Hall–Kier alpha value is -0.0400. The number of hydrogen-bond donors (Lipinski definition) is 1. The van der Waals surface area contributed by atoms with Crippen molar-refractivity contribution in [3.8, 4) is 0 Å². The first-order valence-corrected chi connectivity index (χ1v) is 7.12. The van der Waals surface area contributed by atoms with E-state index in [1.165, 1.54) is 64.3 Å². The number of nitrogens with one attached hydrogen (secondary N) is 1. The molecule has 0 heterocycles. The molecule has 0 radical (unpaired) electrons. The van der Waals surface area contributed by atoms with Gasteiger partial charge in [0.15, 0.2) is 0 Å². The molecule has 0 aliphatic heterocycles. The lowest BCUT2D eigenvalue weighted by Crippen LogP contribution is -2.34. The predicted molar refractivity (Wildman–Crippen MR) is 66.0 cm³/mol. The molecule has 0 saturated heterocycles. The monoisotopic (exact) mass is 209 g/mol. The van der Waals surface area contributed by atoms with Gasteiger partial charge in [-0.25, -0.2) is 0 Å². The van der Waals surface area contributed by atoms with Crippen LogP contribution in [0.3, 0.4) is 0 Å². The molecule has 0 spiro atoms. The second kappa shape index (κ2) is 5.89. The molecule has 88 valence electrons. The van der Waals surface area contributed by atoms with Gasteiger partial charge in [0, 0.05) is 6.04 Å². The molecular weight excluding hydrogens is 182 g/mol. The summed E-state index contributed by atoms with van der Waals surface area (Å²) in [5, 5.41) is 3.81. The van der Waals surface area contributed by atoms with Crippen molar-refractivity contribution in [3.63, 3.8) is 0 Å². The lowest BCUT2D eigenvalue weighted by Gasteiger charge is -2.25. The Balaban J connectivity index is 1.60. The van der Waals surface area contributed by atoms with Crippen molar-refractivity contribution in [1.29, 1.82) is 0 Å². The normalized spacial score (nSPS) is 25.4. The summed E-state index contributed by atoms with van der Waals surface area (Å²) in [7, 11) is 0. The van der Waals surface area contributed by atoms with Crippen LogP contribution < -0.4 is 5.32 Å². The zero-order valence-corrected chi connectivity index (χ0v) is 10.3. The van der Waals surface area contributed by atoms with Crippen LogP contribution in [0, 0.1) is 11.8 Å². The van der Waals surface area contributed by atoms with Crippen molar-refractivity contribution in [2.75, 3.05) is 6.54 Å². The summed E-state index contributed by atoms with van der Waals surface area (Å²) in [6.45, 7) is 3.63. The molecule has 2 rings (SSSR count). The van der Waals surface area contributed by atoms with Crippen LogP contribution in [0.1, 0.15) is 64.7 Å². The molecule has 0 aromatic rings.